The Labute approximate surface area is 140 Å². The minimum absolute atomic E-state index is 0.0491. The highest BCUT2D eigenvalue weighted by Crippen LogP contribution is 2.33. The standard InChI is InChI=1S/C14H23BrN2O2S2/c1-11-12(9-13(15)20-11)21(18,19)16-10-14(17(2)3)7-5-4-6-8-14/h9,16H,4-8,10H2,1-3H3. The highest BCUT2D eigenvalue weighted by atomic mass is 79.9. The third-order valence-electron chi connectivity index (χ3n) is 4.46. The minimum Gasteiger partial charge on any atom is -0.302 e. The molecular weight excluding hydrogens is 372 g/mol. The molecule has 0 amide bonds. The van der Waals surface area contributed by atoms with E-state index in [0.717, 1.165) is 21.5 Å². The molecule has 1 aromatic heterocycles. The number of hydrogen-bond donors (Lipinski definition) is 1. The molecule has 0 bridgehead atoms. The maximum Gasteiger partial charge on any atom is 0.241 e. The number of halogens is 1. The fourth-order valence-electron chi connectivity index (χ4n) is 3.00. The lowest BCUT2D eigenvalue weighted by Crippen LogP contribution is -2.53. The van der Waals surface area contributed by atoms with Crippen LogP contribution in [-0.2, 0) is 10.0 Å². The van der Waals surface area contributed by atoms with Crippen molar-refractivity contribution in [3.8, 4) is 0 Å². The lowest BCUT2D eigenvalue weighted by molar-refractivity contribution is 0.105. The molecule has 1 heterocycles. The van der Waals surface area contributed by atoms with Gasteiger partial charge in [-0.15, -0.1) is 11.3 Å². The van der Waals surface area contributed by atoms with Gasteiger partial charge in [0.1, 0.15) is 0 Å². The number of hydrogen-bond acceptors (Lipinski definition) is 4. The third kappa shape index (κ3) is 3.88. The summed E-state index contributed by atoms with van der Waals surface area (Å²) >= 11 is 4.81. The van der Waals surface area contributed by atoms with Gasteiger partial charge in [-0.3, -0.25) is 0 Å². The zero-order valence-corrected chi connectivity index (χ0v) is 16.0. The summed E-state index contributed by atoms with van der Waals surface area (Å²) in [4.78, 5) is 3.39. The SMILES string of the molecule is Cc1sc(Br)cc1S(=O)(=O)NCC1(N(C)C)CCCCC1. The van der Waals surface area contributed by atoms with Gasteiger partial charge in [-0.1, -0.05) is 19.3 Å². The molecule has 1 aromatic rings. The van der Waals surface area contributed by atoms with Crippen LogP contribution in [-0.4, -0.2) is 39.5 Å². The Bertz CT molecular complexity index is 590. The monoisotopic (exact) mass is 394 g/mol. The van der Waals surface area contributed by atoms with Gasteiger partial charge in [0.2, 0.25) is 10.0 Å². The van der Waals surface area contributed by atoms with Crippen molar-refractivity contribution in [2.45, 2.75) is 49.5 Å². The number of nitrogens with one attached hydrogen (secondary N) is 1. The molecule has 0 unspecified atom stereocenters. The van der Waals surface area contributed by atoms with Crippen molar-refractivity contribution in [2.24, 2.45) is 0 Å². The van der Waals surface area contributed by atoms with Crippen LogP contribution in [0.5, 0.6) is 0 Å². The van der Waals surface area contributed by atoms with Gasteiger partial charge < -0.3 is 4.90 Å². The fraction of sp³-hybridized carbons (Fsp3) is 0.714. The average Bonchev–Trinajstić information content (AvgIpc) is 2.77. The van der Waals surface area contributed by atoms with E-state index >= 15 is 0 Å². The van der Waals surface area contributed by atoms with E-state index in [2.05, 4.69) is 25.6 Å². The highest BCUT2D eigenvalue weighted by molar-refractivity contribution is 9.11. The van der Waals surface area contributed by atoms with Gasteiger partial charge in [-0.25, -0.2) is 13.1 Å². The number of thiophene rings is 1. The van der Waals surface area contributed by atoms with Crippen LogP contribution < -0.4 is 4.72 Å². The van der Waals surface area contributed by atoms with Crippen molar-refractivity contribution < 1.29 is 8.42 Å². The highest BCUT2D eigenvalue weighted by Gasteiger charge is 2.35. The largest absolute Gasteiger partial charge is 0.302 e. The molecule has 2 rings (SSSR count). The summed E-state index contributed by atoms with van der Waals surface area (Å²) in [6.45, 7) is 2.32. The van der Waals surface area contributed by atoms with E-state index in [0.29, 0.717) is 11.4 Å². The van der Waals surface area contributed by atoms with E-state index in [1.165, 1.54) is 30.6 Å². The molecule has 0 radical (unpaired) electrons. The molecule has 1 saturated carbocycles. The molecule has 1 fully saturated rings. The van der Waals surface area contributed by atoms with E-state index in [1.54, 1.807) is 6.07 Å². The lowest BCUT2D eigenvalue weighted by Gasteiger charge is -2.43. The quantitative estimate of drug-likeness (QED) is 0.832. The Morgan fingerprint density at radius 1 is 1.33 bits per heavy atom. The Morgan fingerprint density at radius 3 is 2.43 bits per heavy atom. The van der Waals surface area contributed by atoms with Crippen LogP contribution in [0.15, 0.2) is 14.7 Å². The maximum atomic E-state index is 12.5. The van der Waals surface area contributed by atoms with Crippen LogP contribution in [0.1, 0.15) is 37.0 Å². The molecule has 1 aliphatic carbocycles. The third-order valence-corrected chi connectivity index (χ3v) is 7.67. The van der Waals surface area contributed by atoms with Gasteiger partial charge in [-0.05, 0) is 55.9 Å². The summed E-state index contributed by atoms with van der Waals surface area (Å²) in [5, 5.41) is 0. The minimum atomic E-state index is -3.44. The molecule has 0 aliphatic heterocycles. The summed E-state index contributed by atoms with van der Waals surface area (Å²) in [7, 11) is 0.658. The Balaban J connectivity index is 2.15. The second-order valence-corrected chi connectivity index (χ2v) is 10.3. The molecule has 120 valence electrons. The van der Waals surface area contributed by atoms with Gasteiger partial charge in [0, 0.05) is 17.0 Å². The topological polar surface area (TPSA) is 49.4 Å². The van der Waals surface area contributed by atoms with E-state index in [1.807, 2.05) is 21.0 Å². The van der Waals surface area contributed by atoms with Gasteiger partial charge in [0.15, 0.2) is 0 Å². The zero-order valence-electron chi connectivity index (χ0n) is 12.8. The summed E-state index contributed by atoms with van der Waals surface area (Å²) < 4.78 is 28.7. The van der Waals surface area contributed by atoms with Crippen LogP contribution in [0.25, 0.3) is 0 Å². The number of nitrogens with zero attached hydrogens (tertiary/aromatic N) is 1. The second-order valence-electron chi connectivity index (χ2n) is 5.97. The second kappa shape index (κ2) is 6.66. The normalized spacial score (nSPS) is 19.1. The molecule has 1 aliphatic rings. The van der Waals surface area contributed by atoms with Crippen LogP contribution >= 0.6 is 27.3 Å². The van der Waals surface area contributed by atoms with Crippen molar-refractivity contribution in [1.82, 2.24) is 9.62 Å². The summed E-state index contributed by atoms with van der Waals surface area (Å²) in [6, 6.07) is 1.69. The number of likely N-dealkylation sites (N-methyl/N-ethyl adjacent to an activating group) is 1. The van der Waals surface area contributed by atoms with Crippen molar-refractivity contribution in [2.75, 3.05) is 20.6 Å². The maximum absolute atomic E-state index is 12.5. The summed E-state index contributed by atoms with van der Waals surface area (Å²) in [5.74, 6) is 0. The van der Waals surface area contributed by atoms with E-state index in [4.69, 9.17) is 0 Å². The van der Waals surface area contributed by atoms with E-state index in [9.17, 15) is 8.42 Å². The van der Waals surface area contributed by atoms with Crippen molar-refractivity contribution in [3.63, 3.8) is 0 Å². The predicted octanol–water partition coefficient (Wildman–Crippen LogP) is 3.36. The first-order valence-corrected chi connectivity index (χ1v) is 10.3. The predicted molar refractivity (Wildman–Crippen MR) is 91.4 cm³/mol. The van der Waals surface area contributed by atoms with Gasteiger partial charge >= 0.3 is 0 Å². The Kier molecular flexibility index (Phi) is 5.52. The van der Waals surface area contributed by atoms with Gasteiger partial charge in [-0.2, -0.15) is 0 Å². The lowest BCUT2D eigenvalue weighted by atomic mass is 9.81. The van der Waals surface area contributed by atoms with Gasteiger partial charge in [0.05, 0.1) is 8.68 Å². The smallest absolute Gasteiger partial charge is 0.241 e. The first kappa shape index (κ1) is 17.4. The van der Waals surface area contributed by atoms with Crippen molar-refractivity contribution in [3.05, 3.63) is 14.7 Å². The Morgan fingerprint density at radius 2 is 1.95 bits per heavy atom. The van der Waals surface area contributed by atoms with Crippen molar-refractivity contribution in [1.29, 1.82) is 0 Å². The fourth-order valence-corrected chi connectivity index (χ4v) is 6.53. The molecule has 1 N–H and O–H groups in total. The number of sulfonamides is 1. The molecule has 0 spiro atoms. The summed E-state index contributed by atoms with van der Waals surface area (Å²) in [6.07, 6.45) is 5.69. The van der Waals surface area contributed by atoms with E-state index in [-0.39, 0.29) is 5.54 Å². The molecule has 21 heavy (non-hydrogen) atoms. The van der Waals surface area contributed by atoms with Crippen LogP contribution in [0.2, 0.25) is 0 Å². The molecule has 0 atom stereocenters. The molecule has 4 nitrogen and oxygen atoms in total. The summed E-state index contributed by atoms with van der Waals surface area (Å²) in [5.41, 5.74) is -0.0491. The van der Waals surface area contributed by atoms with Crippen LogP contribution in [0.3, 0.4) is 0 Å². The zero-order chi connectivity index (χ0) is 15.7. The van der Waals surface area contributed by atoms with Gasteiger partial charge in [0.25, 0.3) is 0 Å². The molecular formula is C14H23BrN2O2S2. The first-order valence-electron chi connectivity index (χ1n) is 7.20. The van der Waals surface area contributed by atoms with Crippen LogP contribution in [0, 0.1) is 6.92 Å². The van der Waals surface area contributed by atoms with Crippen LogP contribution in [0.4, 0.5) is 0 Å². The average molecular weight is 395 g/mol. The Hall–Kier alpha value is 0.0500. The van der Waals surface area contributed by atoms with Crippen molar-refractivity contribution >= 4 is 37.3 Å². The number of rotatable bonds is 5. The number of aryl methyl sites for hydroxylation is 1. The molecule has 0 saturated heterocycles. The molecule has 0 aromatic carbocycles. The molecule has 7 heteroatoms. The first-order chi connectivity index (χ1) is 9.77. The van der Waals surface area contributed by atoms with E-state index < -0.39 is 10.0 Å².